The number of methoxy groups -OCH3 is 1. The van der Waals surface area contributed by atoms with Gasteiger partial charge in [0, 0.05) is 11.1 Å². The normalized spacial score (nSPS) is 10.0. The number of thioether (sulfide) groups is 1. The summed E-state index contributed by atoms with van der Waals surface area (Å²) in [7, 11) is 1.29. The average molecular weight is 274 g/mol. The first-order valence-electron chi connectivity index (χ1n) is 4.94. The van der Waals surface area contributed by atoms with Crippen LogP contribution in [0.2, 0.25) is 0 Å². The molecule has 0 atom stereocenters. The molecule has 1 heterocycles. The Labute approximate surface area is 108 Å². The molecular weight excluding hydrogens is 260 g/mol. The molecule has 0 radical (unpaired) electrons. The Morgan fingerprint density at radius 2 is 2.35 bits per heavy atom. The van der Waals surface area contributed by atoms with Crippen LogP contribution in [0, 0.1) is 6.92 Å². The SMILES string of the molecule is COC(=O)CNC(=O)CSCc1csc(C)n1. The summed E-state index contributed by atoms with van der Waals surface area (Å²) in [5.41, 5.74) is 0.985. The molecule has 0 aromatic carbocycles. The Balaban J connectivity index is 2.14. The predicted molar refractivity (Wildman–Crippen MR) is 68.0 cm³/mol. The Morgan fingerprint density at radius 3 is 2.94 bits per heavy atom. The number of nitrogens with one attached hydrogen (secondary N) is 1. The van der Waals surface area contributed by atoms with Crippen LogP contribution in [0.15, 0.2) is 5.38 Å². The molecule has 0 unspecified atom stereocenters. The van der Waals surface area contributed by atoms with Gasteiger partial charge in [-0.05, 0) is 6.92 Å². The van der Waals surface area contributed by atoms with Gasteiger partial charge >= 0.3 is 5.97 Å². The Hall–Kier alpha value is -1.08. The molecule has 0 saturated heterocycles. The number of rotatable bonds is 6. The van der Waals surface area contributed by atoms with Crippen molar-refractivity contribution in [1.82, 2.24) is 10.3 Å². The van der Waals surface area contributed by atoms with E-state index in [0.717, 1.165) is 10.7 Å². The van der Waals surface area contributed by atoms with Gasteiger partial charge in [0.25, 0.3) is 0 Å². The summed E-state index contributed by atoms with van der Waals surface area (Å²) in [5.74, 6) is 0.398. The molecule has 0 saturated carbocycles. The number of esters is 1. The summed E-state index contributed by atoms with van der Waals surface area (Å²) in [6.07, 6.45) is 0. The van der Waals surface area contributed by atoms with Crippen LogP contribution >= 0.6 is 23.1 Å². The number of aromatic nitrogens is 1. The van der Waals surface area contributed by atoms with Crippen LogP contribution < -0.4 is 5.32 Å². The summed E-state index contributed by atoms with van der Waals surface area (Å²) in [4.78, 5) is 26.4. The Bertz CT molecular complexity index is 393. The Morgan fingerprint density at radius 1 is 1.59 bits per heavy atom. The monoisotopic (exact) mass is 274 g/mol. The number of carbonyl (C=O) groups excluding carboxylic acids is 2. The molecule has 1 N–H and O–H groups in total. The number of ether oxygens (including phenoxy) is 1. The lowest BCUT2D eigenvalue weighted by Gasteiger charge is -2.02. The number of aryl methyl sites for hydroxylation is 1. The minimum Gasteiger partial charge on any atom is -0.468 e. The van der Waals surface area contributed by atoms with Crippen molar-refractivity contribution < 1.29 is 14.3 Å². The van der Waals surface area contributed by atoms with E-state index >= 15 is 0 Å². The number of hydrogen-bond donors (Lipinski definition) is 1. The van der Waals surface area contributed by atoms with Crippen molar-refractivity contribution in [2.45, 2.75) is 12.7 Å². The fourth-order valence-corrected chi connectivity index (χ4v) is 2.48. The molecule has 1 rings (SSSR count). The lowest BCUT2D eigenvalue weighted by molar-refractivity contribution is -0.140. The van der Waals surface area contributed by atoms with Crippen molar-refractivity contribution in [3.63, 3.8) is 0 Å². The standard InChI is InChI=1S/C10H14N2O3S2/c1-7-12-8(5-17-7)4-16-6-9(13)11-3-10(14)15-2/h5H,3-4,6H2,1-2H3,(H,11,13). The van der Waals surface area contributed by atoms with Crippen LogP contribution in [-0.4, -0.2) is 36.3 Å². The highest BCUT2D eigenvalue weighted by atomic mass is 32.2. The number of thiazole rings is 1. The third-order valence-electron chi connectivity index (χ3n) is 1.81. The smallest absolute Gasteiger partial charge is 0.325 e. The highest BCUT2D eigenvalue weighted by molar-refractivity contribution is 7.99. The summed E-state index contributed by atoms with van der Waals surface area (Å²) >= 11 is 3.06. The molecule has 0 aliphatic rings. The van der Waals surface area contributed by atoms with Crippen LogP contribution in [-0.2, 0) is 20.1 Å². The average Bonchev–Trinajstić information content (AvgIpc) is 2.72. The molecule has 1 aromatic heterocycles. The lowest BCUT2D eigenvalue weighted by atomic mass is 10.6. The van der Waals surface area contributed by atoms with E-state index in [0.29, 0.717) is 11.5 Å². The van der Waals surface area contributed by atoms with E-state index in [2.05, 4.69) is 15.0 Å². The molecule has 7 heteroatoms. The van der Waals surface area contributed by atoms with Gasteiger partial charge in [-0.3, -0.25) is 9.59 Å². The van der Waals surface area contributed by atoms with Gasteiger partial charge in [-0.1, -0.05) is 0 Å². The van der Waals surface area contributed by atoms with Crippen molar-refractivity contribution in [3.8, 4) is 0 Å². The number of amides is 1. The first-order valence-corrected chi connectivity index (χ1v) is 6.97. The topological polar surface area (TPSA) is 68.3 Å². The third-order valence-corrected chi connectivity index (χ3v) is 3.60. The van der Waals surface area contributed by atoms with Crippen LogP contribution in [0.1, 0.15) is 10.7 Å². The quantitative estimate of drug-likeness (QED) is 0.783. The fraction of sp³-hybridized carbons (Fsp3) is 0.500. The third kappa shape index (κ3) is 5.69. The second kappa shape index (κ2) is 7.29. The second-order valence-corrected chi connectivity index (χ2v) is 5.25. The summed E-state index contributed by atoms with van der Waals surface area (Å²) in [6, 6.07) is 0. The summed E-state index contributed by atoms with van der Waals surface area (Å²) < 4.78 is 4.41. The molecule has 1 aromatic rings. The van der Waals surface area contributed by atoms with E-state index in [9.17, 15) is 9.59 Å². The maximum atomic E-state index is 11.3. The van der Waals surface area contributed by atoms with Crippen molar-refractivity contribution >= 4 is 35.0 Å². The molecule has 0 spiro atoms. The first-order chi connectivity index (χ1) is 8.11. The van der Waals surface area contributed by atoms with Crippen LogP contribution in [0.25, 0.3) is 0 Å². The zero-order valence-corrected chi connectivity index (χ0v) is 11.3. The molecule has 0 fully saturated rings. The van der Waals surface area contributed by atoms with Gasteiger partial charge < -0.3 is 10.1 Å². The van der Waals surface area contributed by atoms with Crippen LogP contribution in [0.5, 0.6) is 0 Å². The van der Waals surface area contributed by atoms with Gasteiger partial charge in [-0.2, -0.15) is 0 Å². The molecule has 0 aliphatic carbocycles. The maximum Gasteiger partial charge on any atom is 0.325 e. The Kier molecular flexibility index (Phi) is 5.99. The molecule has 1 amide bonds. The van der Waals surface area contributed by atoms with Gasteiger partial charge in [0.1, 0.15) is 6.54 Å². The highest BCUT2D eigenvalue weighted by Crippen LogP contribution is 2.14. The molecular formula is C10H14N2O3S2. The van der Waals surface area contributed by atoms with Crippen molar-refractivity contribution in [2.75, 3.05) is 19.4 Å². The number of nitrogens with zero attached hydrogens (tertiary/aromatic N) is 1. The maximum absolute atomic E-state index is 11.3. The molecule has 17 heavy (non-hydrogen) atoms. The van der Waals surface area contributed by atoms with Gasteiger partial charge in [0.05, 0.1) is 23.6 Å². The van der Waals surface area contributed by atoms with E-state index < -0.39 is 5.97 Å². The minimum atomic E-state index is -0.446. The number of carbonyl (C=O) groups is 2. The van der Waals surface area contributed by atoms with E-state index in [4.69, 9.17) is 0 Å². The lowest BCUT2D eigenvalue weighted by Crippen LogP contribution is -2.31. The van der Waals surface area contributed by atoms with Crippen LogP contribution in [0.4, 0.5) is 0 Å². The van der Waals surface area contributed by atoms with Gasteiger partial charge in [-0.25, -0.2) is 4.98 Å². The first kappa shape index (κ1) is 14.0. The van der Waals surface area contributed by atoms with Crippen molar-refractivity contribution in [2.24, 2.45) is 0 Å². The van der Waals surface area contributed by atoms with Gasteiger partial charge in [0.15, 0.2) is 0 Å². The molecule has 94 valence electrons. The van der Waals surface area contributed by atoms with Gasteiger partial charge in [-0.15, -0.1) is 23.1 Å². The van der Waals surface area contributed by atoms with E-state index in [-0.39, 0.29) is 12.5 Å². The van der Waals surface area contributed by atoms with E-state index in [1.54, 1.807) is 11.3 Å². The molecule has 0 bridgehead atoms. The summed E-state index contributed by atoms with van der Waals surface area (Å²) in [5, 5.41) is 5.48. The van der Waals surface area contributed by atoms with Crippen LogP contribution in [0.3, 0.4) is 0 Å². The molecule has 5 nitrogen and oxygen atoms in total. The second-order valence-electron chi connectivity index (χ2n) is 3.20. The number of hydrogen-bond acceptors (Lipinski definition) is 6. The van der Waals surface area contributed by atoms with E-state index in [1.807, 2.05) is 12.3 Å². The highest BCUT2D eigenvalue weighted by Gasteiger charge is 2.06. The van der Waals surface area contributed by atoms with Crippen molar-refractivity contribution in [3.05, 3.63) is 16.1 Å². The molecule has 0 aliphatic heterocycles. The summed E-state index contributed by atoms with van der Waals surface area (Å²) in [6.45, 7) is 1.87. The minimum absolute atomic E-state index is 0.0777. The fourth-order valence-electron chi connectivity index (χ4n) is 1.02. The predicted octanol–water partition coefficient (Wildman–Crippen LogP) is 0.974. The van der Waals surface area contributed by atoms with E-state index in [1.165, 1.54) is 18.9 Å². The zero-order chi connectivity index (χ0) is 12.7. The zero-order valence-electron chi connectivity index (χ0n) is 9.69. The van der Waals surface area contributed by atoms with Crippen molar-refractivity contribution in [1.29, 1.82) is 0 Å². The largest absolute Gasteiger partial charge is 0.468 e. The van der Waals surface area contributed by atoms with Gasteiger partial charge in [0.2, 0.25) is 5.91 Å².